The number of nitrogens with zero attached hydrogens (tertiary/aromatic N) is 3. The number of aromatic nitrogens is 2. The van der Waals surface area contributed by atoms with E-state index in [9.17, 15) is 4.79 Å². The van der Waals surface area contributed by atoms with Crippen molar-refractivity contribution in [3.05, 3.63) is 47.7 Å². The van der Waals surface area contributed by atoms with Crippen LogP contribution in [-0.4, -0.2) is 22.6 Å². The molecule has 118 valence electrons. The molecule has 23 heavy (non-hydrogen) atoms. The number of amides is 1. The van der Waals surface area contributed by atoms with Crippen LogP contribution in [0.15, 0.2) is 36.4 Å². The van der Waals surface area contributed by atoms with Crippen LogP contribution in [0.1, 0.15) is 36.3 Å². The van der Waals surface area contributed by atoms with Crippen molar-refractivity contribution in [2.45, 2.75) is 20.3 Å². The predicted molar refractivity (Wildman–Crippen MR) is 89.1 cm³/mol. The van der Waals surface area contributed by atoms with Gasteiger partial charge >= 0.3 is 0 Å². The maximum atomic E-state index is 12.1. The molecule has 1 aromatic carbocycles. The van der Waals surface area contributed by atoms with Gasteiger partial charge in [0.2, 0.25) is 0 Å². The molecule has 0 radical (unpaired) electrons. The maximum absolute atomic E-state index is 12.1. The molecule has 1 aromatic heterocycles. The van der Waals surface area contributed by atoms with Crippen LogP contribution in [0.2, 0.25) is 0 Å². The summed E-state index contributed by atoms with van der Waals surface area (Å²) in [4.78, 5) is 12.1. The standard InChI is InChI=1S/C17H19N5O/c1-12(2)8-9-19-16-7-6-15(21-22-16)17(23)20-14-5-3-4-13(10-14)11-18/h3-7,10,12H,8-9H2,1-2H3,(H,19,22)(H,20,23). The number of nitrogens with one attached hydrogen (secondary N) is 2. The van der Waals surface area contributed by atoms with E-state index in [1.807, 2.05) is 6.07 Å². The third kappa shape index (κ3) is 5.08. The van der Waals surface area contributed by atoms with Gasteiger partial charge < -0.3 is 10.6 Å². The van der Waals surface area contributed by atoms with Crippen molar-refractivity contribution in [3.63, 3.8) is 0 Å². The second-order valence-corrected chi connectivity index (χ2v) is 5.56. The van der Waals surface area contributed by atoms with E-state index >= 15 is 0 Å². The fourth-order valence-corrected chi connectivity index (χ4v) is 1.90. The monoisotopic (exact) mass is 309 g/mol. The quantitative estimate of drug-likeness (QED) is 0.855. The fraction of sp³-hybridized carbons (Fsp3) is 0.294. The largest absolute Gasteiger partial charge is 0.369 e. The Bertz CT molecular complexity index is 704. The Morgan fingerprint density at radius 3 is 2.74 bits per heavy atom. The van der Waals surface area contributed by atoms with Gasteiger partial charge in [0, 0.05) is 12.2 Å². The molecule has 0 unspecified atom stereocenters. The van der Waals surface area contributed by atoms with E-state index in [-0.39, 0.29) is 11.6 Å². The topological polar surface area (TPSA) is 90.7 Å². The van der Waals surface area contributed by atoms with Gasteiger partial charge in [0.1, 0.15) is 5.82 Å². The van der Waals surface area contributed by atoms with Crippen LogP contribution in [0.4, 0.5) is 11.5 Å². The third-order valence-corrected chi connectivity index (χ3v) is 3.17. The van der Waals surface area contributed by atoms with Crippen LogP contribution in [0.5, 0.6) is 0 Å². The fourth-order valence-electron chi connectivity index (χ4n) is 1.90. The number of anilines is 2. The summed E-state index contributed by atoms with van der Waals surface area (Å²) in [6.07, 6.45) is 1.04. The van der Waals surface area contributed by atoms with Gasteiger partial charge in [-0.3, -0.25) is 4.79 Å². The molecule has 2 N–H and O–H groups in total. The lowest BCUT2D eigenvalue weighted by molar-refractivity contribution is 0.102. The molecular formula is C17H19N5O. The van der Waals surface area contributed by atoms with E-state index in [1.54, 1.807) is 36.4 Å². The molecule has 0 spiro atoms. The van der Waals surface area contributed by atoms with Gasteiger partial charge in [0.15, 0.2) is 5.69 Å². The van der Waals surface area contributed by atoms with Crippen LogP contribution in [0.25, 0.3) is 0 Å². The third-order valence-electron chi connectivity index (χ3n) is 3.17. The highest BCUT2D eigenvalue weighted by Crippen LogP contribution is 2.11. The van der Waals surface area contributed by atoms with Crippen LogP contribution in [0, 0.1) is 17.2 Å². The molecule has 1 heterocycles. The minimum absolute atomic E-state index is 0.224. The van der Waals surface area contributed by atoms with Crippen molar-refractivity contribution in [1.82, 2.24) is 10.2 Å². The Morgan fingerprint density at radius 1 is 1.26 bits per heavy atom. The molecule has 0 aliphatic rings. The lowest BCUT2D eigenvalue weighted by atomic mass is 10.1. The summed E-state index contributed by atoms with van der Waals surface area (Å²) in [6.45, 7) is 5.13. The van der Waals surface area contributed by atoms with Gasteiger partial charge in [-0.05, 0) is 42.7 Å². The average molecular weight is 309 g/mol. The normalized spacial score (nSPS) is 10.2. The van der Waals surface area contributed by atoms with Gasteiger partial charge in [0.25, 0.3) is 5.91 Å². The zero-order chi connectivity index (χ0) is 16.7. The number of benzene rings is 1. The van der Waals surface area contributed by atoms with Crippen molar-refractivity contribution in [2.75, 3.05) is 17.2 Å². The van der Waals surface area contributed by atoms with Crippen molar-refractivity contribution in [1.29, 1.82) is 5.26 Å². The second kappa shape index (κ2) is 7.90. The molecule has 0 fully saturated rings. The summed E-state index contributed by atoms with van der Waals surface area (Å²) >= 11 is 0. The molecule has 0 aliphatic heterocycles. The van der Waals surface area contributed by atoms with E-state index in [2.05, 4.69) is 34.7 Å². The van der Waals surface area contributed by atoms with Crippen molar-refractivity contribution in [2.24, 2.45) is 5.92 Å². The molecular weight excluding hydrogens is 290 g/mol. The highest BCUT2D eigenvalue weighted by atomic mass is 16.1. The number of hydrogen-bond acceptors (Lipinski definition) is 5. The number of rotatable bonds is 6. The highest BCUT2D eigenvalue weighted by Gasteiger charge is 2.09. The lowest BCUT2D eigenvalue weighted by Crippen LogP contribution is -2.15. The Hall–Kier alpha value is -2.94. The number of carbonyl (C=O) groups excluding carboxylic acids is 1. The van der Waals surface area contributed by atoms with E-state index in [4.69, 9.17) is 5.26 Å². The SMILES string of the molecule is CC(C)CCNc1ccc(C(=O)Nc2cccc(C#N)c2)nn1. The Balaban J connectivity index is 1.96. The molecule has 0 bridgehead atoms. The van der Waals surface area contributed by atoms with Crippen LogP contribution in [-0.2, 0) is 0 Å². The summed E-state index contributed by atoms with van der Waals surface area (Å²) in [5.41, 5.74) is 1.26. The molecule has 1 amide bonds. The van der Waals surface area contributed by atoms with Crippen LogP contribution in [0.3, 0.4) is 0 Å². The molecule has 0 saturated heterocycles. The summed E-state index contributed by atoms with van der Waals surface area (Å²) in [7, 11) is 0. The minimum Gasteiger partial charge on any atom is -0.369 e. The molecule has 0 saturated carbocycles. The van der Waals surface area contributed by atoms with E-state index in [0.29, 0.717) is 23.0 Å². The van der Waals surface area contributed by atoms with E-state index in [0.717, 1.165) is 13.0 Å². The molecule has 2 aromatic rings. The van der Waals surface area contributed by atoms with Gasteiger partial charge in [-0.2, -0.15) is 5.26 Å². The minimum atomic E-state index is -0.360. The zero-order valence-electron chi connectivity index (χ0n) is 13.2. The maximum Gasteiger partial charge on any atom is 0.276 e. The first-order valence-corrected chi connectivity index (χ1v) is 7.47. The predicted octanol–water partition coefficient (Wildman–Crippen LogP) is 3.06. The average Bonchev–Trinajstić information content (AvgIpc) is 2.55. The van der Waals surface area contributed by atoms with E-state index < -0.39 is 0 Å². The van der Waals surface area contributed by atoms with Crippen LogP contribution >= 0.6 is 0 Å². The van der Waals surface area contributed by atoms with Gasteiger partial charge in [-0.25, -0.2) is 0 Å². The number of carbonyl (C=O) groups is 1. The summed E-state index contributed by atoms with van der Waals surface area (Å²) in [6, 6.07) is 12.1. The van der Waals surface area contributed by atoms with Gasteiger partial charge in [-0.15, -0.1) is 10.2 Å². The smallest absolute Gasteiger partial charge is 0.276 e. The lowest BCUT2D eigenvalue weighted by Gasteiger charge is -2.08. The Morgan fingerprint density at radius 2 is 2.09 bits per heavy atom. The van der Waals surface area contributed by atoms with Gasteiger partial charge in [0.05, 0.1) is 11.6 Å². The van der Waals surface area contributed by atoms with Crippen molar-refractivity contribution >= 4 is 17.4 Å². The first-order valence-electron chi connectivity index (χ1n) is 7.47. The van der Waals surface area contributed by atoms with E-state index in [1.165, 1.54) is 0 Å². The van der Waals surface area contributed by atoms with Crippen molar-refractivity contribution < 1.29 is 4.79 Å². The molecule has 6 heteroatoms. The van der Waals surface area contributed by atoms with Crippen LogP contribution < -0.4 is 10.6 Å². The zero-order valence-corrected chi connectivity index (χ0v) is 13.2. The molecule has 6 nitrogen and oxygen atoms in total. The Kier molecular flexibility index (Phi) is 5.64. The highest BCUT2D eigenvalue weighted by molar-refractivity contribution is 6.02. The first-order chi connectivity index (χ1) is 11.1. The Labute approximate surface area is 135 Å². The molecule has 0 aliphatic carbocycles. The second-order valence-electron chi connectivity index (χ2n) is 5.56. The number of hydrogen-bond donors (Lipinski definition) is 2. The summed E-state index contributed by atoms with van der Waals surface area (Å²) in [5.74, 6) is 0.902. The number of nitriles is 1. The summed E-state index contributed by atoms with van der Waals surface area (Å²) < 4.78 is 0. The molecule has 2 rings (SSSR count). The summed E-state index contributed by atoms with van der Waals surface area (Å²) in [5, 5.41) is 22.6. The molecule has 0 atom stereocenters. The van der Waals surface area contributed by atoms with Gasteiger partial charge in [-0.1, -0.05) is 19.9 Å². The van der Waals surface area contributed by atoms with Crippen molar-refractivity contribution in [3.8, 4) is 6.07 Å². The first kappa shape index (κ1) is 16.4.